The van der Waals surface area contributed by atoms with Crippen molar-refractivity contribution in [2.24, 2.45) is 23.7 Å². The summed E-state index contributed by atoms with van der Waals surface area (Å²) in [6.45, 7) is 26.0. The van der Waals surface area contributed by atoms with Crippen LogP contribution < -0.4 is 0 Å². The lowest BCUT2D eigenvalue weighted by atomic mass is 10.3. The maximum absolute atomic E-state index is 3.61. The molecule has 0 saturated carbocycles. The quantitative estimate of drug-likeness (QED) is 0.184. The van der Waals surface area contributed by atoms with Gasteiger partial charge in [0.15, 0.2) is 0 Å². The molecule has 0 fully saturated rings. The minimum absolute atomic E-state index is 0. The van der Waals surface area contributed by atoms with Crippen LogP contribution in [-0.2, 0) is 0 Å². The first-order chi connectivity index (χ1) is 18.9. The van der Waals surface area contributed by atoms with E-state index >= 15 is 0 Å². The van der Waals surface area contributed by atoms with E-state index in [0.29, 0.717) is 0 Å². The van der Waals surface area contributed by atoms with E-state index in [2.05, 4.69) is 144 Å². The number of hydrogen-bond donors (Lipinski definition) is 0. The summed E-state index contributed by atoms with van der Waals surface area (Å²) in [6.07, 6.45) is 16.5. The van der Waals surface area contributed by atoms with Crippen molar-refractivity contribution < 1.29 is 0 Å². The minimum atomic E-state index is 0. The third-order valence-electron chi connectivity index (χ3n) is 1.62. The molecule has 44 heavy (non-hydrogen) atoms. The van der Waals surface area contributed by atoms with Crippen LogP contribution in [0, 0.1) is 23.7 Å². The Balaban J connectivity index is -0.0000000559. The number of aromatic nitrogens is 12. The Labute approximate surface area is 271 Å². The highest BCUT2D eigenvalue weighted by Gasteiger charge is 1.69. The van der Waals surface area contributed by atoms with E-state index in [4.69, 9.17) is 0 Å². The predicted molar refractivity (Wildman–Crippen MR) is 188 cm³/mol. The summed E-state index contributed by atoms with van der Waals surface area (Å²) in [5.41, 5.74) is 0. The molecule has 0 radical (unpaired) electrons. The Morgan fingerprint density at radius 2 is 0.568 bits per heavy atom. The van der Waals surface area contributed by atoms with Gasteiger partial charge in [-0.05, 0) is 35.0 Å². The molecule has 12 heteroatoms. The fourth-order valence-electron chi connectivity index (χ4n) is 0.820. The van der Waals surface area contributed by atoms with E-state index in [1.165, 1.54) is 44.0 Å². The molecule has 0 unspecified atom stereocenters. The third kappa shape index (κ3) is 130. The first-order valence-electron chi connectivity index (χ1n) is 13.2. The zero-order chi connectivity index (χ0) is 31.3. The second kappa shape index (κ2) is 55.0. The van der Waals surface area contributed by atoms with Gasteiger partial charge in [-0.3, -0.25) is 0 Å². The second-order valence-electron chi connectivity index (χ2n) is 10.1. The van der Waals surface area contributed by atoms with E-state index in [-0.39, 0.29) is 29.7 Å². The average Bonchev–Trinajstić information content (AvgIpc) is 2.93. The monoisotopic (exact) mass is 621 g/mol. The van der Waals surface area contributed by atoms with Crippen molar-refractivity contribution in [3.8, 4) is 0 Å². The molecule has 4 heterocycles. The van der Waals surface area contributed by atoms with Gasteiger partial charge in [-0.2, -0.15) is 10.2 Å². The maximum atomic E-state index is 3.61. The van der Waals surface area contributed by atoms with E-state index in [0.717, 1.165) is 23.7 Å². The van der Waals surface area contributed by atoms with Crippen LogP contribution in [0.1, 0.15) is 113 Å². The molecule has 0 aliphatic carbocycles. The van der Waals surface area contributed by atoms with Crippen molar-refractivity contribution in [2.75, 3.05) is 0 Å². The van der Waals surface area contributed by atoms with Crippen molar-refractivity contribution in [3.05, 3.63) is 74.9 Å². The summed E-state index contributed by atoms with van der Waals surface area (Å²) in [5, 5.41) is 23.9. The average molecular weight is 621 g/mol. The molecule has 4 rings (SSSR count). The summed E-state index contributed by atoms with van der Waals surface area (Å²) in [5.74, 6) is 3.33. The molecule has 0 saturated heterocycles. The van der Waals surface area contributed by atoms with Crippen LogP contribution in [0.2, 0.25) is 0 Å². The summed E-state index contributed by atoms with van der Waals surface area (Å²) in [4.78, 5) is 17.9. The molecule has 12 nitrogen and oxygen atoms in total. The molecule has 256 valence electrons. The summed E-state index contributed by atoms with van der Waals surface area (Å²) < 4.78 is 0. The lowest BCUT2D eigenvalue weighted by Gasteiger charge is -1.79. The van der Waals surface area contributed by atoms with Crippen LogP contribution in [-0.4, -0.2) is 60.7 Å². The van der Waals surface area contributed by atoms with Gasteiger partial charge in [0, 0.05) is 12.4 Å². The van der Waals surface area contributed by atoms with E-state index in [1.807, 2.05) is 0 Å². The molecule has 0 amide bonds. The lowest BCUT2D eigenvalue weighted by Crippen LogP contribution is -1.78. The number of rotatable bonds is 0. The van der Waals surface area contributed by atoms with Crippen molar-refractivity contribution in [3.63, 3.8) is 0 Å². The van der Waals surface area contributed by atoms with Crippen molar-refractivity contribution >= 4 is 0 Å². The molecule has 0 spiro atoms. The SMILES string of the molecule is C.C.C.C.CC(C)C.CC(C)C.CC(C)C.CC(C)C.c1cnncn1.c1cnncn1.c1cnnnc1.c1ncncn1. The fourth-order valence-corrected chi connectivity index (χ4v) is 0.820. The first-order valence-corrected chi connectivity index (χ1v) is 13.2. The molecule has 0 aliphatic rings. The summed E-state index contributed by atoms with van der Waals surface area (Å²) in [7, 11) is 0. The zero-order valence-corrected chi connectivity index (χ0v) is 26.6. The van der Waals surface area contributed by atoms with Gasteiger partial charge >= 0.3 is 0 Å². The predicted octanol–water partition coefficient (Wildman–Crippen LogP) is 8.68. The molecular formula is C32H68N12. The highest BCUT2D eigenvalue weighted by molar-refractivity contribution is 4.69. The Bertz CT molecular complexity index is 589. The Kier molecular flexibility index (Phi) is 74.4. The van der Waals surface area contributed by atoms with Crippen LogP contribution in [0.5, 0.6) is 0 Å². The molecule has 0 aliphatic heterocycles. The van der Waals surface area contributed by atoms with Crippen molar-refractivity contribution in [1.82, 2.24) is 60.7 Å². The Morgan fingerprint density at radius 1 is 0.295 bits per heavy atom. The van der Waals surface area contributed by atoms with Gasteiger partial charge < -0.3 is 0 Å². The number of nitrogens with zero attached hydrogens (tertiary/aromatic N) is 12. The van der Waals surface area contributed by atoms with E-state index in [1.54, 1.807) is 30.9 Å². The summed E-state index contributed by atoms with van der Waals surface area (Å²) in [6, 6.07) is 1.72. The molecule has 0 atom stereocenters. The highest BCUT2D eigenvalue weighted by Crippen LogP contribution is 1.82. The lowest BCUT2D eigenvalue weighted by molar-refractivity contribution is 0.736. The largest absolute Gasteiger partial charge is 0.241 e. The standard InChI is InChI=1S/4C4H10.4C3H3N3.4CH4/c4*1-4(2)3;1-4-2-6-3-5-1;2*1-2-5-6-3-4-1;1-2-4-6-5-3-1;;;;/h4*4H,1-3H3;4*1-3H;4*1H4. The molecule has 0 bridgehead atoms. The van der Waals surface area contributed by atoms with Crippen molar-refractivity contribution in [2.45, 2.75) is 113 Å². The zero-order valence-electron chi connectivity index (χ0n) is 26.6. The molecule has 4 aromatic heterocycles. The van der Waals surface area contributed by atoms with Crippen LogP contribution in [0.25, 0.3) is 0 Å². The van der Waals surface area contributed by atoms with Gasteiger partial charge in [-0.25, -0.2) is 24.9 Å². The third-order valence-corrected chi connectivity index (χ3v) is 1.62. The normalized spacial score (nSPS) is 7.64. The van der Waals surface area contributed by atoms with Gasteiger partial charge in [0.1, 0.15) is 31.6 Å². The van der Waals surface area contributed by atoms with Gasteiger partial charge in [-0.1, -0.05) is 113 Å². The molecule has 0 aromatic carbocycles. The number of hydrogen-bond acceptors (Lipinski definition) is 12. The van der Waals surface area contributed by atoms with Crippen LogP contribution in [0.4, 0.5) is 0 Å². The van der Waals surface area contributed by atoms with E-state index < -0.39 is 0 Å². The van der Waals surface area contributed by atoms with Gasteiger partial charge in [0.2, 0.25) is 0 Å². The van der Waals surface area contributed by atoms with Gasteiger partial charge in [-0.15, -0.1) is 20.4 Å². The van der Waals surface area contributed by atoms with Crippen molar-refractivity contribution in [1.29, 1.82) is 0 Å². The van der Waals surface area contributed by atoms with Crippen LogP contribution in [0.3, 0.4) is 0 Å². The topological polar surface area (TPSA) is 155 Å². The van der Waals surface area contributed by atoms with E-state index in [9.17, 15) is 0 Å². The summed E-state index contributed by atoms with van der Waals surface area (Å²) >= 11 is 0. The second-order valence-corrected chi connectivity index (χ2v) is 10.1. The van der Waals surface area contributed by atoms with Gasteiger partial charge in [0.25, 0.3) is 0 Å². The fraction of sp³-hybridized carbons (Fsp3) is 0.625. The van der Waals surface area contributed by atoms with Gasteiger partial charge in [0.05, 0.1) is 24.8 Å². The molecule has 4 aromatic rings. The van der Waals surface area contributed by atoms with Crippen LogP contribution >= 0.6 is 0 Å². The first kappa shape index (κ1) is 59.4. The maximum Gasteiger partial charge on any atom is 0.138 e. The Morgan fingerprint density at radius 3 is 0.636 bits per heavy atom. The highest BCUT2D eigenvalue weighted by atomic mass is 15.3. The smallest absolute Gasteiger partial charge is 0.138 e. The molecule has 0 N–H and O–H groups in total. The molecular weight excluding hydrogens is 552 g/mol. The Hall–Kier alpha value is -3.96. The minimum Gasteiger partial charge on any atom is -0.241 e. The van der Waals surface area contributed by atoms with Crippen LogP contribution in [0.15, 0.2) is 74.9 Å².